The summed E-state index contributed by atoms with van der Waals surface area (Å²) in [5.41, 5.74) is 2.63. The number of fused-ring (bicyclic) bond motifs is 2. The van der Waals surface area contributed by atoms with E-state index in [0.717, 1.165) is 11.1 Å². The fourth-order valence-corrected chi connectivity index (χ4v) is 3.46. The van der Waals surface area contributed by atoms with Gasteiger partial charge in [-0.15, -0.1) is 0 Å². The Kier molecular flexibility index (Phi) is 2.37. The quantitative estimate of drug-likeness (QED) is 0.728. The number of hydrogen-bond donors (Lipinski definition) is 0. The summed E-state index contributed by atoms with van der Waals surface area (Å²) in [6.07, 6.45) is 8.20. The number of nitrogens with zero attached hydrogens (tertiary/aromatic N) is 2. The molecule has 2 aliphatic heterocycles. The van der Waals surface area contributed by atoms with Crippen LogP contribution in [0, 0.1) is 0 Å². The van der Waals surface area contributed by atoms with Crippen LogP contribution in [-0.4, -0.2) is 28.6 Å². The molecule has 2 nitrogen and oxygen atoms in total. The molecule has 2 aliphatic rings. The molecule has 0 spiro atoms. The van der Waals surface area contributed by atoms with Crippen LogP contribution in [0.1, 0.15) is 25.0 Å². The van der Waals surface area contributed by atoms with Crippen molar-refractivity contribution in [2.45, 2.75) is 31.3 Å². The lowest BCUT2D eigenvalue weighted by molar-refractivity contribution is 0.267. The van der Waals surface area contributed by atoms with Crippen molar-refractivity contribution in [3.05, 3.63) is 29.1 Å². The van der Waals surface area contributed by atoms with Gasteiger partial charge in [0.25, 0.3) is 0 Å². The third-order valence-electron chi connectivity index (χ3n) is 4.11. The Morgan fingerprint density at radius 2 is 2.12 bits per heavy atom. The molecule has 1 aromatic heterocycles. The van der Waals surface area contributed by atoms with Gasteiger partial charge in [0, 0.05) is 25.3 Å². The van der Waals surface area contributed by atoms with Crippen LogP contribution in [0.4, 0.5) is 0 Å². The van der Waals surface area contributed by atoms with Gasteiger partial charge >= 0.3 is 0 Å². The smallest absolute Gasteiger partial charge is 0.0660 e. The lowest BCUT2D eigenvalue weighted by Gasteiger charge is -2.32. The lowest BCUT2D eigenvalue weighted by Crippen LogP contribution is -2.36. The maximum Gasteiger partial charge on any atom is 0.0660 e. The highest BCUT2D eigenvalue weighted by atomic mass is 35.5. The molecular formula is C13H17ClN2. The number of aromatic nitrogens is 1. The van der Waals surface area contributed by atoms with Crippen molar-refractivity contribution < 1.29 is 0 Å². The minimum absolute atomic E-state index is 0.574. The third-order valence-corrected chi connectivity index (χ3v) is 4.41. The maximum atomic E-state index is 6.28. The first-order valence-electron chi connectivity index (χ1n) is 5.91. The third kappa shape index (κ3) is 1.36. The van der Waals surface area contributed by atoms with E-state index >= 15 is 0 Å². The lowest BCUT2D eigenvalue weighted by atomic mass is 9.99. The molecule has 3 heteroatoms. The topological polar surface area (TPSA) is 8.17 Å². The average molecular weight is 237 g/mol. The fraction of sp³-hybridized carbons (Fsp3) is 0.538. The van der Waals surface area contributed by atoms with Crippen molar-refractivity contribution in [3.63, 3.8) is 0 Å². The van der Waals surface area contributed by atoms with Crippen LogP contribution < -0.4 is 0 Å². The average Bonchev–Trinajstić information content (AvgIpc) is 2.69. The second kappa shape index (κ2) is 3.64. The van der Waals surface area contributed by atoms with E-state index in [-0.39, 0.29) is 0 Å². The molecule has 3 rings (SSSR count). The number of hydrogen-bond acceptors (Lipinski definition) is 1. The molecule has 3 heterocycles. The summed E-state index contributed by atoms with van der Waals surface area (Å²) in [4.78, 5) is 2.51. The van der Waals surface area contributed by atoms with Crippen LogP contribution in [0.2, 0.25) is 5.02 Å². The minimum atomic E-state index is 0.574. The molecule has 86 valence electrons. The molecule has 1 saturated heterocycles. The Morgan fingerprint density at radius 3 is 2.81 bits per heavy atom. The molecule has 0 amide bonds. The summed E-state index contributed by atoms with van der Waals surface area (Å²) in [6.45, 7) is 0. The molecule has 0 radical (unpaired) electrons. The van der Waals surface area contributed by atoms with E-state index in [1.165, 1.54) is 30.5 Å². The van der Waals surface area contributed by atoms with Gasteiger partial charge in [0.2, 0.25) is 0 Å². The Hall–Kier alpha value is -0.730. The van der Waals surface area contributed by atoms with Gasteiger partial charge in [0.15, 0.2) is 0 Å². The summed E-state index contributed by atoms with van der Waals surface area (Å²) in [5, 5.41) is 0.882. The van der Waals surface area contributed by atoms with Crippen LogP contribution in [0.5, 0.6) is 0 Å². The van der Waals surface area contributed by atoms with Crippen LogP contribution in [0.25, 0.3) is 5.57 Å². The van der Waals surface area contributed by atoms with Gasteiger partial charge in [-0.05, 0) is 37.9 Å². The summed E-state index contributed by atoms with van der Waals surface area (Å²) in [7, 11) is 4.31. The summed E-state index contributed by atoms with van der Waals surface area (Å²) in [6, 6.07) is 3.32. The van der Waals surface area contributed by atoms with Gasteiger partial charge in [-0.2, -0.15) is 0 Å². The Balaban J connectivity index is 2.05. The number of likely N-dealkylation sites (N-methyl/N-ethyl adjacent to an activating group) is 1. The molecule has 1 aromatic rings. The van der Waals surface area contributed by atoms with Gasteiger partial charge < -0.3 is 4.57 Å². The van der Waals surface area contributed by atoms with Crippen LogP contribution in [0.3, 0.4) is 0 Å². The summed E-state index contributed by atoms with van der Waals surface area (Å²) < 4.78 is 2.14. The fourth-order valence-electron chi connectivity index (χ4n) is 3.17. The maximum absolute atomic E-state index is 6.28. The van der Waals surface area contributed by atoms with E-state index in [4.69, 9.17) is 11.6 Å². The van der Waals surface area contributed by atoms with E-state index in [0.29, 0.717) is 6.04 Å². The highest BCUT2D eigenvalue weighted by molar-refractivity contribution is 6.32. The highest BCUT2D eigenvalue weighted by Gasteiger charge is 2.37. The monoisotopic (exact) mass is 236 g/mol. The summed E-state index contributed by atoms with van der Waals surface area (Å²) in [5.74, 6) is 0. The van der Waals surface area contributed by atoms with Crippen molar-refractivity contribution in [1.29, 1.82) is 0 Å². The van der Waals surface area contributed by atoms with E-state index in [2.05, 4.69) is 29.6 Å². The first-order chi connectivity index (χ1) is 7.68. The predicted octanol–water partition coefficient (Wildman–Crippen LogP) is 2.93. The van der Waals surface area contributed by atoms with Gasteiger partial charge in [-0.25, -0.2) is 0 Å². The number of halogens is 1. The molecule has 0 aliphatic carbocycles. The van der Waals surface area contributed by atoms with Gasteiger partial charge in [0.1, 0.15) is 0 Å². The van der Waals surface area contributed by atoms with E-state index in [1.807, 2.05) is 12.3 Å². The SMILES string of the molecule is CN1C2CC=C(c3c(Cl)ccn3C)C1CC2. The Labute approximate surface area is 101 Å². The molecule has 2 unspecified atom stereocenters. The minimum Gasteiger partial charge on any atom is -0.350 e. The highest BCUT2D eigenvalue weighted by Crippen LogP contribution is 2.40. The molecule has 0 N–H and O–H groups in total. The molecule has 1 fully saturated rings. The zero-order chi connectivity index (χ0) is 11.3. The van der Waals surface area contributed by atoms with E-state index in [9.17, 15) is 0 Å². The zero-order valence-corrected chi connectivity index (χ0v) is 10.5. The normalized spacial score (nSPS) is 29.6. The molecule has 2 atom stereocenters. The van der Waals surface area contributed by atoms with E-state index in [1.54, 1.807) is 0 Å². The van der Waals surface area contributed by atoms with Gasteiger partial charge in [0.05, 0.1) is 10.7 Å². The van der Waals surface area contributed by atoms with Crippen molar-refractivity contribution in [2.24, 2.45) is 7.05 Å². The van der Waals surface area contributed by atoms with Crippen molar-refractivity contribution in [2.75, 3.05) is 7.05 Å². The zero-order valence-electron chi connectivity index (χ0n) is 9.78. The van der Waals surface area contributed by atoms with Crippen molar-refractivity contribution in [3.8, 4) is 0 Å². The molecule has 16 heavy (non-hydrogen) atoms. The van der Waals surface area contributed by atoms with Gasteiger partial charge in [-0.3, -0.25) is 4.90 Å². The standard InChI is InChI=1S/C13H17ClN2/c1-15-8-7-11(14)13(15)10-5-3-9-4-6-12(10)16(9)2/h5,7-9,12H,3-4,6H2,1-2H3. The first-order valence-corrected chi connectivity index (χ1v) is 6.29. The van der Waals surface area contributed by atoms with Gasteiger partial charge in [-0.1, -0.05) is 17.7 Å². The second-order valence-corrected chi connectivity index (χ2v) is 5.34. The first kappa shape index (κ1) is 10.4. The Bertz CT molecular complexity index is 427. The Morgan fingerprint density at radius 1 is 1.31 bits per heavy atom. The molecular weight excluding hydrogens is 220 g/mol. The molecule has 2 bridgehead atoms. The number of aryl methyl sites for hydroxylation is 1. The van der Waals surface area contributed by atoms with Crippen molar-refractivity contribution >= 4 is 17.2 Å². The van der Waals surface area contributed by atoms with Crippen molar-refractivity contribution in [1.82, 2.24) is 9.47 Å². The molecule has 0 saturated carbocycles. The molecule has 0 aromatic carbocycles. The summed E-state index contributed by atoms with van der Waals surface area (Å²) >= 11 is 6.28. The van der Waals surface area contributed by atoms with Crippen LogP contribution in [0.15, 0.2) is 18.3 Å². The van der Waals surface area contributed by atoms with Crippen LogP contribution >= 0.6 is 11.6 Å². The van der Waals surface area contributed by atoms with Crippen LogP contribution in [-0.2, 0) is 7.05 Å². The number of rotatable bonds is 1. The van der Waals surface area contributed by atoms with E-state index < -0.39 is 0 Å². The predicted molar refractivity (Wildman–Crippen MR) is 67.6 cm³/mol. The second-order valence-electron chi connectivity index (χ2n) is 4.93. The largest absolute Gasteiger partial charge is 0.350 e.